The van der Waals surface area contributed by atoms with Crippen LogP contribution in [0.5, 0.6) is 0 Å². The van der Waals surface area contributed by atoms with Gasteiger partial charge in [0.2, 0.25) is 12.1 Å². The van der Waals surface area contributed by atoms with Gasteiger partial charge >= 0.3 is 29.8 Å². The smallest absolute Gasteiger partial charge is 0.303 e. The van der Waals surface area contributed by atoms with E-state index in [9.17, 15) is 39.3 Å². The Morgan fingerprint density at radius 3 is 1.53 bits per heavy atom. The van der Waals surface area contributed by atoms with Crippen LogP contribution in [0, 0.1) is 0 Å². The molecule has 0 amide bonds. The Balaban J connectivity index is 2.58. The highest BCUT2D eigenvalue weighted by molar-refractivity contribution is 5.69. The second kappa shape index (κ2) is 13.3. The maximum atomic E-state index is 12.0. The van der Waals surface area contributed by atoms with E-state index in [1.165, 1.54) is 0 Å². The number of rotatable bonds is 10. The number of carbonyl (C=O) groups excluding carboxylic acids is 5. The minimum Gasteiger partial charge on any atom is -0.456 e. The number of carbonyl (C=O) groups is 5. The van der Waals surface area contributed by atoms with Gasteiger partial charge in [0.15, 0.2) is 30.5 Å². The third kappa shape index (κ3) is 7.36. The molecule has 3 N–H and O–H groups in total. The molecule has 0 aromatic heterocycles. The normalized spacial score (nSPS) is 34.6. The Labute approximate surface area is 216 Å². The molecule has 9 atom stereocenters. The standard InChI is InChI=1S/C22H32O16/c1-9(26)31-16-14(6-23)36-21(19(34-12(4)29)18(16)33-11(3)28)38-22(8-25)20(35-13(5)30)17(32-10(2)27)15(7-24)37-22/h14-21,23-25H,6-8H2,1-5H3/t14-,15-,16-,17+,18+,19-,20-,21+,22-/m0/s1. The van der Waals surface area contributed by atoms with Crippen LogP contribution in [0.2, 0.25) is 0 Å². The highest BCUT2D eigenvalue weighted by atomic mass is 16.8. The third-order valence-corrected chi connectivity index (χ3v) is 5.44. The Morgan fingerprint density at radius 1 is 0.632 bits per heavy atom. The van der Waals surface area contributed by atoms with Crippen molar-refractivity contribution >= 4 is 29.8 Å². The summed E-state index contributed by atoms with van der Waals surface area (Å²) < 4.78 is 43.3. The first-order valence-corrected chi connectivity index (χ1v) is 11.5. The summed E-state index contributed by atoms with van der Waals surface area (Å²) in [6.45, 7) is 2.48. The fourth-order valence-corrected chi connectivity index (χ4v) is 4.19. The molecule has 2 aliphatic rings. The van der Waals surface area contributed by atoms with Crippen molar-refractivity contribution in [2.75, 3.05) is 19.8 Å². The van der Waals surface area contributed by atoms with Crippen molar-refractivity contribution < 1.29 is 77.2 Å². The van der Waals surface area contributed by atoms with Gasteiger partial charge in [-0.1, -0.05) is 0 Å². The number of aliphatic hydroxyl groups excluding tert-OH is 3. The van der Waals surface area contributed by atoms with Gasteiger partial charge in [-0.15, -0.1) is 0 Å². The summed E-state index contributed by atoms with van der Waals surface area (Å²) >= 11 is 0. The molecule has 2 rings (SSSR count). The second-order valence-corrected chi connectivity index (χ2v) is 8.48. The minimum absolute atomic E-state index is 0.774. The number of aliphatic hydroxyl groups is 3. The Hall–Kier alpha value is -2.89. The lowest BCUT2D eigenvalue weighted by molar-refractivity contribution is -0.384. The van der Waals surface area contributed by atoms with E-state index in [1.54, 1.807) is 0 Å². The molecule has 16 nitrogen and oxygen atoms in total. The Morgan fingerprint density at radius 2 is 1.08 bits per heavy atom. The van der Waals surface area contributed by atoms with Crippen LogP contribution in [0.15, 0.2) is 0 Å². The molecule has 216 valence electrons. The van der Waals surface area contributed by atoms with Gasteiger partial charge in [0.05, 0.1) is 13.2 Å². The number of ether oxygens (including phenoxy) is 8. The van der Waals surface area contributed by atoms with Gasteiger partial charge in [-0.05, 0) is 0 Å². The first-order chi connectivity index (χ1) is 17.8. The van der Waals surface area contributed by atoms with E-state index < -0.39 is 104 Å². The van der Waals surface area contributed by atoms with Gasteiger partial charge in [-0.3, -0.25) is 24.0 Å². The van der Waals surface area contributed by atoms with Gasteiger partial charge in [0.25, 0.3) is 0 Å². The van der Waals surface area contributed by atoms with Crippen molar-refractivity contribution in [2.45, 2.75) is 89.4 Å². The van der Waals surface area contributed by atoms with E-state index in [4.69, 9.17) is 37.9 Å². The SMILES string of the molecule is CC(=O)O[C@H]1[C@H](OC(C)=O)[C@@H](O[C@]2(CO)O[C@@H](CO)[C@@H](OC(C)=O)[C@@H]2OC(C)=O)O[C@@H](CO)[C@@H]1OC(C)=O. The summed E-state index contributed by atoms with van der Waals surface area (Å²) in [4.78, 5) is 59.2. The Kier molecular flexibility index (Phi) is 10.9. The summed E-state index contributed by atoms with van der Waals surface area (Å²) in [6.07, 6.45) is -12.5. The van der Waals surface area contributed by atoms with Crippen molar-refractivity contribution in [2.24, 2.45) is 0 Å². The largest absolute Gasteiger partial charge is 0.456 e. The molecule has 16 heteroatoms. The van der Waals surface area contributed by atoms with Crippen LogP contribution in [-0.2, 0) is 61.9 Å². The van der Waals surface area contributed by atoms with Crippen LogP contribution in [0.4, 0.5) is 0 Å². The van der Waals surface area contributed by atoms with Gasteiger partial charge in [-0.25, -0.2) is 0 Å². The molecule has 2 fully saturated rings. The van der Waals surface area contributed by atoms with E-state index in [1.807, 2.05) is 0 Å². The molecule has 0 radical (unpaired) electrons. The van der Waals surface area contributed by atoms with Crippen molar-refractivity contribution in [3.8, 4) is 0 Å². The number of esters is 5. The van der Waals surface area contributed by atoms with Crippen molar-refractivity contribution in [1.29, 1.82) is 0 Å². The maximum absolute atomic E-state index is 12.0. The molecule has 2 saturated heterocycles. The van der Waals surface area contributed by atoms with Crippen molar-refractivity contribution in [3.63, 3.8) is 0 Å². The average molecular weight is 552 g/mol. The molecule has 0 unspecified atom stereocenters. The zero-order chi connectivity index (χ0) is 28.8. The molecule has 0 saturated carbocycles. The van der Waals surface area contributed by atoms with Crippen LogP contribution >= 0.6 is 0 Å². The molecule has 0 aliphatic carbocycles. The fourth-order valence-electron chi connectivity index (χ4n) is 4.19. The van der Waals surface area contributed by atoms with Crippen molar-refractivity contribution in [3.05, 3.63) is 0 Å². The number of hydrogen-bond acceptors (Lipinski definition) is 16. The van der Waals surface area contributed by atoms with E-state index in [0.29, 0.717) is 0 Å². The summed E-state index contributed by atoms with van der Waals surface area (Å²) in [5.41, 5.74) is 0. The lowest BCUT2D eigenvalue weighted by atomic mass is 9.97. The predicted molar refractivity (Wildman–Crippen MR) is 116 cm³/mol. The van der Waals surface area contributed by atoms with E-state index in [2.05, 4.69) is 0 Å². The molecule has 0 spiro atoms. The topological polar surface area (TPSA) is 220 Å². The van der Waals surface area contributed by atoms with Crippen LogP contribution < -0.4 is 0 Å². The van der Waals surface area contributed by atoms with Gasteiger partial charge in [0.1, 0.15) is 18.8 Å². The molecular formula is C22H32O16. The quantitative estimate of drug-likeness (QED) is 0.188. The number of hydrogen-bond donors (Lipinski definition) is 3. The second-order valence-electron chi connectivity index (χ2n) is 8.48. The minimum atomic E-state index is -2.39. The van der Waals surface area contributed by atoms with Crippen LogP contribution in [0.3, 0.4) is 0 Å². The summed E-state index contributed by atoms with van der Waals surface area (Å²) in [5.74, 6) is -6.78. The van der Waals surface area contributed by atoms with Gasteiger partial charge in [0, 0.05) is 34.6 Å². The molecule has 0 aromatic rings. The van der Waals surface area contributed by atoms with E-state index in [-0.39, 0.29) is 0 Å². The predicted octanol–water partition coefficient (Wildman–Crippen LogP) is -2.54. The summed E-state index contributed by atoms with van der Waals surface area (Å²) in [5, 5.41) is 30.1. The van der Waals surface area contributed by atoms with Crippen molar-refractivity contribution in [1.82, 2.24) is 0 Å². The summed E-state index contributed by atoms with van der Waals surface area (Å²) in [7, 11) is 0. The van der Waals surface area contributed by atoms with Gasteiger partial charge in [-0.2, -0.15) is 0 Å². The van der Waals surface area contributed by atoms with E-state index in [0.717, 1.165) is 34.6 Å². The highest BCUT2D eigenvalue weighted by Crippen LogP contribution is 2.40. The lowest BCUT2D eigenvalue weighted by Crippen LogP contribution is -2.65. The zero-order valence-electron chi connectivity index (χ0n) is 21.4. The van der Waals surface area contributed by atoms with Crippen LogP contribution in [0.25, 0.3) is 0 Å². The third-order valence-electron chi connectivity index (χ3n) is 5.44. The monoisotopic (exact) mass is 552 g/mol. The Bertz CT molecular complexity index is 891. The maximum Gasteiger partial charge on any atom is 0.303 e. The molecule has 38 heavy (non-hydrogen) atoms. The molecule has 0 aromatic carbocycles. The zero-order valence-corrected chi connectivity index (χ0v) is 21.4. The molecular weight excluding hydrogens is 520 g/mol. The lowest BCUT2D eigenvalue weighted by Gasteiger charge is -2.46. The average Bonchev–Trinajstić information content (AvgIpc) is 3.08. The highest BCUT2D eigenvalue weighted by Gasteiger charge is 2.63. The van der Waals surface area contributed by atoms with E-state index >= 15 is 0 Å². The summed E-state index contributed by atoms with van der Waals surface area (Å²) in [6, 6.07) is 0. The molecule has 0 bridgehead atoms. The molecule has 2 heterocycles. The van der Waals surface area contributed by atoms with Crippen LogP contribution in [-0.4, -0.2) is 120 Å². The first kappa shape index (κ1) is 31.3. The first-order valence-electron chi connectivity index (χ1n) is 11.5. The van der Waals surface area contributed by atoms with Crippen LogP contribution in [0.1, 0.15) is 34.6 Å². The van der Waals surface area contributed by atoms with Gasteiger partial charge < -0.3 is 53.2 Å². The fraction of sp³-hybridized carbons (Fsp3) is 0.773. The molecule has 2 aliphatic heterocycles.